The highest BCUT2D eigenvalue weighted by molar-refractivity contribution is 7.09. The Morgan fingerprint density at radius 1 is 1.35 bits per heavy atom. The number of halogens is 1. The average molecular weight is 391 g/mol. The minimum Gasteiger partial charge on any atom is -0.357 e. The largest absolute Gasteiger partial charge is 0.357 e. The van der Waals surface area contributed by atoms with E-state index in [1.165, 1.54) is 16.7 Å². The van der Waals surface area contributed by atoms with E-state index in [1.807, 2.05) is 22.4 Å². The van der Waals surface area contributed by atoms with E-state index in [9.17, 15) is 4.79 Å². The summed E-state index contributed by atoms with van der Waals surface area (Å²) in [4.78, 5) is 23.0. The number of carbonyl (C=O) groups is 1. The molecule has 0 radical (unpaired) electrons. The Hall–Kier alpha value is -1.89. The van der Waals surface area contributed by atoms with Gasteiger partial charge in [-0.3, -0.25) is 4.79 Å². The highest BCUT2D eigenvalue weighted by atomic mass is 35.5. The molecule has 5 nitrogen and oxygen atoms in total. The molecule has 26 heavy (non-hydrogen) atoms. The summed E-state index contributed by atoms with van der Waals surface area (Å²) in [6, 6.07) is 10.5. The maximum absolute atomic E-state index is 13.0. The van der Waals surface area contributed by atoms with Gasteiger partial charge in [0, 0.05) is 29.6 Å². The Bertz CT molecular complexity index is 857. The van der Waals surface area contributed by atoms with E-state index < -0.39 is 0 Å². The maximum atomic E-state index is 13.0. The van der Waals surface area contributed by atoms with Crippen molar-refractivity contribution >= 4 is 40.6 Å². The van der Waals surface area contributed by atoms with Gasteiger partial charge in [0.15, 0.2) is 0 Å². The van der Waals surface area contributed by atoms with Crippen LogP contribution in [0.2, 0.25) is 0 Å². The summed E-state index contributed by atoms with van der Waals surface area (Å²) >= 11 is 1.52. The Morgan fingerprint density at radius 2 is 2.19 bits per heavy atom. The zero-order valence-electron chi connectivity index (χ0n) is 14.5. The number of fused-ring (bicyclic) bond motifs is 1. The number of carbonyl (C=O) groups excluding carboxylic acids is 1. The van der Waals surface area contributed by atoms with Gasteiger partial charge in [-0.05, 0) is 43.3 Å². The molecule has 1 unspecified atom stereocenters. The first-order chi connectivity index (χ1) is 12.3. The third kappa shape index (κ3) is 3.63. The van der Waals surface area contributed by atoms with Crippen LogP contribution in [0, 0.1) is 0 Å². The lowest BCUT2D eigenvalue weighted by Gasteiger charge is -2.34. The van der Waals surface area contributed by atoms with Crippen LogP contribution in [-0.2, 0) is 6.42 Å². The molecule has 1 saturated heterocycles. The number of hydrogen-bond donors (Lipinski definition) is 2. The monoisotopic (exact) mass is 390 g/mol. The number of thiazole rings is 1. The zero-order valence-corrected chi connectivity index (χ0v) is 16.1. The highest BCUT2D eigenvalue weighted by Crippen LogP contribution is 2.33. The van der Waals surface area contributed by atoms with Gasteiger partial charge in [-0.2, -0.15) is 0 Å². The summed E-state index contributed by atoms with van der Waals surface area (Å²) in [5.74, 6) is 0.0304. The predicted octanol–water partition coefficient (Wildman–Crippen LogP) is 3.91. The van der Waals surface area contributed by atoms with Crippen LogP contribution in [0.25, 0.3) is 10.9 Å². The van der Waals surface area contributed by atoms with E-state index in [0.717, 1.165) is 48.4 Å². The molecule has 0 spiro atoms. The van der Waals surface area contributed by atoms with Gasteiger partial charge in [0.05, 0.1) is 11.0 Å². The number of amides is 1. The van der Waals surface area contributed by atoms with Crippen LogP contribution >= 0.6 is 23.7 Å². The van der Waals surface area contributed by atoms with Crippen molar-refractivity contribution in [3.8, 4) is 0 Å². The molecule has 0 bridgehead atoms. The van der Waals surface area contributed by atoms with Crippen LogP contribution in [0.5, 0.6) is 0 Å². The van der Waals surface area contributed by atoms with Crippen molar-refractivity contribution in [3.05, 3.63) is 52.1 Å². The molecular weight excluding hydrogens is 368 g/mol. The lowest BCUT2D eigenvalue weighted by atomic mass is 9.99. The molecule has 2 aromatic heterocycles. The van der Waals surface area contributed by atoms with Crippen molar-refractivity contribution < 1.29 is 4.79 Å². The molecule has 1 atom stereocenters. The quantitative estimate of drug-likeness (QED) is 0.709. The molecule has 0 saturated carbocycles. The fraction of sp³-hybridized carbons (Fsp3) is 0.368. The van der Waals surface area contributed by atoms with Gasteiger partial charge in [0.25, 0.3) is 5.91 Å². The first kappa shape index (κ1) is 18.9. The van der Waals surface area contributed by atoms with Crippen LogP contribution < -0.4 is 5.73 Å². The summed E-state index contributed by atoms with van der Waals surface area (Å²) in [7, 11) is 0. The van der Waals surface area contributed by atoms with Gasteiger partial charge in [-0.15, -0.1) is 23.7 Å². The topological polar surface area (TPSA) is 75.0 Å². The summed E-state index contributed by atoms with van der Waals surface area (Å²) < 4.78 is 0. The lowest BCUT2D eigenvalue weighted by Crippen LogP contribution is -2.38. The average Bonchev–Trinajstić information content (AvgIpc) is 3.28. The van der Waals surface area contributed by atoms with Crippen molar-refractivity contribution in [1.29, 1.82) is 0 Å². The number of benzene rings is 1. The number of piperidine rings is 1. The van der Waals surface area contributed by atoms with Gasteiger partial charge in [-0.1, -0.05) is 18.2 Å². The molecular formula is C19H23ClN4OS. The molecule has 3 heterocycles. The van der Waals surface area contributed by atoms with Crippen LogP contribution in [0.4, 0.5) is 0 Å². The van der Waals surface area contributed by atoms with Gasteiger partial charge in [0.1, 0.15) is 5.69 Å². The van der Waals surface area contributed by atoms with Crippen LogP contribution in [0.3, 0.4) is 0 Å². The second-order valence-electron chi connectivity index (χ2n) is 6.49. The van der Waals surface area contributed by atoms with Crippen LogP contribution in [-0.4, -0.2) is 33.9 Å². The van der Waals surface area contributed by atoms with E-state index in [1.54, 1.807) is 0 Å². The van der Waals surface area contributed by atoms with Crippen molar-refractivity contribution in [2.45, 2.75) is 31.7 Å². The zero-order chi connectivity index (χ0) is 17.2. The molecule has 1 aliphatic rings. The third-order valence-corrected chi connectivity index (χ3v) is 5.71. The molecule has 4 rings (SSSR count). The number of aromatic nitrogens is 2. The first-order valence-corrected chi connectivity index (χ1v) is 9.67. The highest BCUT2D eigenvalue weighted by Gasteiger charge is 2.30. The second kappa shape index (κ2) is 8.20. The summed E-state index contributed by atoms with van der Waals surface area (Å²) in [6.45, 7) is 1.34. The molecule has 138 valence electrons. The number of para-hydroxylation sites is 1. The van der Waals surface area contributed by atoms with E-state index in [4.69, 9.17) is 5.73 Å². The van der Waals surface area contributed by atoms with Gasteiger partial charge in [0.2, 0.25) is 0 Å². The van der Waals surface area contributed by atoms with Crippen LogP contribution in [0.1, 0.15) is 46.5 Å². The molecule has 1 amide bonds. The van der Waals surface area contributed by atoms with Crippen molar-refractivity contribution in [2.75, 3.05) is 13.1 Å². The Balaban J connectivity index is 0.00000196. The summed E-state index contributed by atoms with van der Waals surface area (Å²) in [5.41, 5.74) is 8.38. The first-order valence-electron chi connectivity index (χ1n) is 8.79. The Labute approximate surface area is 163 Å². The Kier molecular flexibility index (Phi) is 5.96. The van der Waals surface area contributed by atoms with E-state index in [0.29, 0.717) is 12.2 Å². The smallest absolute Gasteiger partial charge is 0.273 e. The fourth-order valence-corrected chi connectivity index (χ4v) is 4.36. The van der Waals surface area contributed by atoms with Crippen molar-refractivity contribution in [3.63, 3.8) is 0 Å². The van der Waals surface area contributed by atoms with Crippen LogP contribution in [0.15, 0.2) is 35.7 Å². The number of rotatable bonds is 4. The summed E-state index contributed by atoms with van der Waals surface area (Å²) in [6.07, 6.45) is 3.89. The molecule has 7 heteroatoms. The van der Waals surface area contributed by atoms with E-state index >= 15 is 0 Å². The minimum absolute atomic E-state index is 0. The molecule has 1 aliphatic heterocycles. The van der Waals surface area contributed by atoms with E-state index in [2.05, 4.69) is 28.2 Å². The maximum Gasteiger partial charge on any atom is 0.273 e. The number of nitrogens with two attached hydrogens (primary N) is 1. The second-order valence-corrected chi connectivity index (χ2v) is 7.43. The minimum atomic E-state index is 0. The number of nitrogens with zero attached hydrogens (tertiary/aromatic N) is 2. The number of aromatic amines is 1. The normalized spacial score (nSPS) is 17.3. The van der Waals surface area contributed by atoms with Gasteiger partial charge in [-0.25, -0.2) is 4.98 Å². The van der Waals surface area contributed by atoms with Gasteiger partial charge < -0.3 is 15.6 Å². The number of nitrogens with one attached hydrogen (secondary N) is 1. The Morgan fingerprint density at radius 3 is 3.00 bits per heavy atom. The molecule has 3 aromatic rings. The van der Waals surface area contributed by atoms with Crippen molar-refractivity contribution in [2.24, 2.45) is 5.73 Å². The molecule has 1 fully saturated rings. The molecule has 3 N–H and O–H groups in total. The standard InChI is InChI=1S/C19H22N4OS.ClH/c20-9-8-18-22-16(12-25-18)19(24)23-10-4-3-7-17(23)15-11-13-5-1-2-6-14(13)21-15;/h1-2,5-6,11-12,17,21H,3-4,7-10,20H2;1H. The SMILES string of the molecule is Cl.NCCc1nc(C(=O)N2CCCCC2c2cc3ccccc3[nH]2)cs1. The lowest BCUT2D eigenvalue weighted by molar-refractivity contribution is 0.0601. The number of hydrogen-bond acceptors (Lipinski definition) is 4. The fourth-order valence-electron chi connectivity index (χ4n) is 3.57. The molecule has 1 aromatic carbocycles. The van der Waals surface area contributed by atoms with Gasteiger partial charge >= 0.3 is 0 Å². The third-order valence-electron chi connectivity index (χ3n) is 4.80. The van der Waals surface area contributed by atoms with E-state index in [-0.39, 0.29) is 24.4 Å². The molecule has 0 aliphatic carbocycles. The number of likely N-dealkylation sites (tertiary alicyclic amines) is 1. The summed E-state index contributed by atoms with van der Waals surface area (Å²) in [5, 5.41) is 3.99. The predicted molar refractivity (Wildman–Crippen MR) is 108 cm³/mol. The number of H-pyrrole nitrogens is 1. The van der Waals surface area contributed by atoms with Crippen molar-refractivity contribution in [1.82, 2.24) is 14.9 Å².